The molecule has 0 atom stereocenters. The van der Waals surface area contributed by atoms with Crippen molar-refractivity contribution in [1.29, 1.82) is 0 Å². The Morgan fingerprint density at radius 2 is 1.91 bits per heavy atom. The van der Waals surface area contributed by atoms with E-state index in [-0.39, 0.29) is 17.9 Å². The lowest BCUT2D eigenvalue weighted by molar-refractivity contribution is -0.0163. The van der Waals surface area contributed by atoms with E-state index in [1.807, 2.05) is 5.48 Å². The molecule has 176 valence electrons. The van der Waals surface area contributed by atoms with Gasteiger partial charge in [-0.15, -0.1) is 6.42 Å². The number of aliphatic hydroxyl groups excluding tert-OH is 3. The molecule has 2 rings (SSSR count). The molecule has 0 fully saturated rings. The Hall–Kier alpha value is -3.63. The molecule has 0 saturated heterocycles. The minimum absolute atomic E-state index is 0.204. The molecule has 0 saturated carbocycles. The van der Waals surface area contributed by atoms with E-state index < -0.39 is 66.1 Å². The van der Waals surface area contributed by atoms with Crippen molar-refractivity contribution < 1.29 is 43.0 Å². The highest BCUT2D eigenvalue weighted by Crippen LogP contribution is 2.30. The molecule has 0 aliphatic rings. The van der Waals surface area contributed by atoms with E-state index >= 15 is 0 Å². The molecule has 0 bridgehead atoms. The maximum Gasteiger partial charge on any atom is 0.277 e. The monoisotopic (exact) mass is 467 g/mol. The summed E-state index contributed by atoms with van der Waals surface area (Å²) in [6.45, 7) is -1.89. The number of halogens is 3. The van der Waals surface area contributed by atoms with E-state index in [1.54, 1.807) is 0 Å². The molecule has 0 spiro atoms. The number of oxime groups is 1. The van der Waals surface area contributed by atoms with Gasteiger partial charge < -0.3 is 25.5 Å². The number of terminal acetylenes is 1. The molecule has 2 aromatic rings. The van der Waals surface area contributed by atoms with Crippen LogP contribution in [0.15, 0.2) is 29.4 Å². The first kappa shape index (κ1) is 25.6. The lowest BCUT2D eigenvalue weighted by atomic mass is 10.1. The number of nitrogens with zero attached hydrogens (tertiary/aromatic N) is 1. The van der Waals surface area contributed by atoms with Gasteiger partial charge in [0.15, 0.2) is 17.7 Å². The van der Waals surface area contributed by atoms with Crippen molar-refractivity contribution in [3.63, 3.8) is 0 Å². The number of carbonyl (C=O) groups is 1. The second-order valence-electron chi connectivity index (χ2n) is 6.31. The molecule has 5 N–H and O–H groups in total. The fraction of sp³-hybridized carbons (Fsp3) is 0.238. The van der Waals surface area contributed by atoms with Crippen molar-refractivity contribution >= 4 is 23.5 Å². The van der Waals surface area contributed by atoms with Crippen LogP contribution in [0.25, 0.3) is 0 Å². The second kappa shape index (κ2) is 12.4. The third-order valence-electron chi connectivity index (χ3n) is 4.04. The standard InChI is InChI=1S/C21H20F3N3O6/c1-2-12-3-4-17(16(22)7-12)26-20-15(21(31)27-32-6-5-28)8-13(18(23)19(20)24)9-25-33-14(10-29)11-30/h1,3-4,7-9,14,26,28-30H,5-6,10-11H2,(H,27,31)/b25-9+. The first-order valence-corrected chi connectivity index (χ1v) is 9.35. The summed E-state index contributed by atoms with van der Waals surface area (Å²) in [7, 11) is 0. The molecule has 12 heteroatoms. The van der Waals surface area contributed by atoms with Crippen LogP contribution in [0.1, 0.15) is 21.5 Å². The molecule has 0 aliphatic heterocycles. The Balaban J connectivity index is 2.48. The summed E-state index contributed by atoms with van der Waals surface area (Å²) in [6.07, 6.45) is 4.82. The number of hydroxylamine groups is 1. The normalized spacial score (nSPS) is 11.0. The van der Waals surface area contributed by atoms with E-state index in [0.717, 1.165) is 12.1 Å². The minimum Gasteiger partial charge on any atom is -0.394 e. The largest absolute Gasteiger partial charge is 0.394 e. The van der Waals surface area contributed by atoms with E-state index in [9.17, 15) is 18.0 Å². The van der Waals surface area contributed by atoms with Crippen LogP contribution >= 0.6 is 0 Å². The molecule has 0 heterocycles. The number of hydrogen-bond acceptors (Lipinski definition) is 8. The molecule has 0 aromatic heterocycles. The molecular formula is C21H20F3N3O6. The highest BCUT2D eigenvalue weighted by atomic mass is 19.2. The SMILES string of the molecule is C#Cc1ccc(Nc2c(C(=O)NOCCO)cc(/C=N/OC(CO)CO)c(F)c2F)c(F)c1. The predicted octanol–water partition coefficient (Wildman–Crippen LogP) is 1.19. The molecule has 9 nitrogen and oxygen atoms in total. The summed E-state index contributed by atoms with van der Waals surface area (Å²) in [4.78, 5) is 21.9. The van der Waals surface area contributed by atoms with Gasteiger partial charge in [0, 0.05) is 11.1 Å². The Kier molecular flexibility index (Phi) is 9.64. The summed E-state index contributed by atoms with van der Waals surface area (Å²) < 4.78 is 43.9. The molecule has 33 heavy (non-hydrogen) atoms. The second-order valence-corrected chi connectivity index (χ2v) is 6.31. The fourth-order valence-corrected chi connectivity index (χ4v) is 2.40. The Morgan fingerprint density at radius 1 is 1.18 bits per heavy atom. The first-order chi connectivity index (χ1) is 15.9. The van der Waals surface area contributed by atoms with Crippen LogP contribution in [0.4, 0.5) is 24.5 Å². The van der Waals surface area contributed by atoms with E-state index in [1.165, 1.54) is 12.1 Å². The lowest BCUT2D eigenvalue weighted by Crippen LogP contribution is -2.26. The number of nitrogens with one attached hydrogen (secondary N) is 2. The number of carbonyl (C=O) groups excluding carboxylic acids is 1. The van der Waals surface area contributed by atoms with Gasteiger partial charge in [-0.1, -0.05) is 11.1 Å². The Bertz CT molecular complexity index is 1050. The van der Waals surface area contributed by atoms with Crippen LogP contribution in [-0.2, 0) is 9.68 Å². The van der Waals surface area contributed by atoms with Crippen LogP contribution in [0.2, 0.25) is 0 Å². The van der Waals surface area contributed by atoms with Gasteiger partial charge in [0.05, 0.1) is 49.6 Å². The van der Waals surface area contributed by atoms with Crippen molar-refractivity contribution in [2.45, 2.75) is 6.10 Å². The summed E-state index contributed by atoms with van der Waals surface area (Å²) in [5, 5.41) is 32.3. The highest BCUT2D eigenvalue weighted by Gasteiger charge is 2.23. The summed E-state index contributed by atoms with van der Waals surface area (Å²) in [5.74, 6) is -2.72. The predicted molar refractivity (Wildman–Crippen MR) is 111 cm³/mol. The quantitative estimate of drug-likeness (QED) is 0.145. The van der Waals surface area contributed by atoms with Gasteiger partial charge in [0.2, 0.25) is 0 Å². The summed E-state index contributed by atoms with van der Waals surface area (Å²) >= 11 is 0. The van der Waals surface area contributed by atoms with Crippen LogP contribution in [0.5, 0.6) is 0 Å². The van der Waals surface area contributed by atoms with Crippen LogP contribution in [0, 0.1) is 29.8 Å². The van der Waals surface area contributed by atoms with Gasteiger partial charge in [0.25, 0.3) is 5.91 Å². The first-order valence-electron chi connectivity index (χ1n) is 9.35. The van der Waals surface area contributed by atoms with Crippen LogP contribution < -0.4 is 10.8 Å². The molecule has 0 unspecified atom stereocenters. The molecule has 1 amide bonds. The van der Waals surface area contributed by atoms with Crippen molar-refractivity contribution in [2.75, 3.05) is 31.7 Å². The van der Waals surface area contributed by atoms with Crippen molar-refractivity contribution in [3.8, 4) is 12.3 Å². The highest BCUT2D eigenvalue weighted by molar-refractivity contribution is 6.01. The van der Waals surface area contributed by atoms with Crippen molar-refractivity contribution in [3.05, 3.63) is 58.4 Å². The zero-order valence-electron chi connectivity index (χ0n) is 17.0. The van der Waals surface area contributed by atoms with E-state index in [2.05, 4.69) is 16.4 Å². The zero-order valence-corrected chi connectivity index (χ0v) is 17.0. The van der Waals surface area contributed by atoms with Gasteiger partial charge in [-0.2, -0.15) is 0 Å². The third kappa shape index (κ3) is 6.67. The molecule has 0 radical (unpaired) electrons. The average Bonchev–Trinajstić information content (AvgIpc) is 2.82. The summed E-state index contributed by atoms with van der Waals surface area (Å²) in [6, 6.07) is 4.39. The van der Waals surface area contributed by atoms with Crippen molar-refractivity contribution in [2.24, 2.45) is 5.16 Å². The van der Waals surface area contributed by atoms with Gasteiger partial charge in [0.1, 0.15) is 5.82 Å². The van der Waals surface area contributed by atoms with Gasteiger partial charge in [-0.3, -0.25) is 9.63 Å². The third-order valence-corrected chi connectivity index (χ3v) is 4.04. The van der Waals surface area contributed by atoms with Crippen LogP contribution in [0.3, 0.4) is 0 Å². The maximum absolute atomic E-state index is 14.9. The molecular weight excluding hydrogens is 447 g/mol. The zero-order chi connectivity index (χ0) is 24.4. The number of anilines is 2. The average molecular weight is 467 g/mol. The number of aliphatic hydroxyl groups is 3. The maximum atomic E-state index is 14.9. The number of benzene rings is 2. The van der Waals surface area contributed by atoms with Crippen molar-refractivity contribution in [1.82, 2.24) is 5.48 Å². The lowest BCUT2D eigenvalue weighted by Gasteiger charge is -2.16. The molecule has 0 aliphatic carbocycles. The summed E-state index contributed by atoms with van der Waals surface area (Å²) in [5.41, 5.74) is 0.0844. The van der Waals surface area contributed by atoms with E-state index in [0.29, 0.717) is 6.21 Å². The number of amides is 1. The Labute approximate surface area is 186 Å². The van der Waals surface area contributed by atoms with Crippen LogP contribution in [-0.4, -0.2) is 60.0 Å². The number of hydrogen-bond donors (Lipinski definition) is 5. The Morgan fingerprint density at radius 3 is 2.52 bits per heavy atom. The smallest absolute Gasteiger partial charge is 0.277 e. The fourth-order valence-electron chi connectivity index (χ4n) is 2.40. The molecule has 2 aromatic carbocycles. The van der Waals surface area contributed by atoms with E-state index in [4.69, 9.17) is 31.4 Å². The number of rotatable bonds is 11. The van der Waals surface area contributed by atoms with Gasteiger partial charge >= 0.3 is 0 Å². The van der Waals surface area contributed by atoms with Gasteiger partial charge in [-0.05, 0) is 24.3 Å². The topological polar surface area (TPSA) is 133 Å². The minimum atomic E-state index is -1.55. The van der Waals surface area contributed by atoms with Gasteiger partial charge in [-0.25, -0.2) is 18.7 Å².